The van der Waals surface area contributed by atoms with E-state index < -0.39 is 0 Å². The van der Waals surface area contributed by atoms with E-state index in [-0.39, 0.29) is 0 Å². The number of hydrogen-bond acceptors (Lipinski definition) is 5. The molecule has 4 rings (SSSR count). The highest BCUT2D eigenvalue weighted by Crippen LogP contribution is 2.27. The van der Waals surface area contributed by atoms with Crippen LogP contribution in [-0.4, -0.2) is 41.2 Å². The highest BCUT2D eigenvalue weighted by molar-refractivity contribution is 5.57. The summed E-state index contributed by atoms with van der Waals surface area (Å²) in [6.45, 7) is 4.43. The third-order valence-electron chi connectivity index (χ3n) is 4.55. The third-order valence-corrected chi connectivity index (χ3v) is 4.55. The highest BCUT2D eigenvalue weighted by atomic mass is 16.3. The van der Waals surface area contributed by atoms with Crippen LogP contribution in [0.1, 0.15) is 5.69 Å². The van der Waals surface area contributed by atoms with E-state index in [1.54, 1.807) is 12.3 Å². The summed E-state index contributed by atoms with van der Waals surface area (Å²) in [6.07, 6.45) is 1.75. The molecule has 25 heavy (non-hydrogen) atoms. The fourth-order valence-electron chi connectivity index (χ4n) is 3.20. The van der Waals surface area contributed by atoms with Crippen LogP contribution in [0.4, 0.5) is 5.69 Å². The number of phenolic OH excluding ortho intramolecular Hbond substituents is 1. The summed E-state index contributed by atoms with van der Waals surface area (Å²) in [4.78, 5) is 9.19. The number of phenols is 1. The smallest absolute Gasteiger partial charge is 0.226 e. The average molecular weight is 335 g/mol. The minimum absolute atomic E-state index is 0.347. The molecule has 2 heterocycles. The lowest BCUT2D eigenvalue weighted by molar-refractivity contribution is 0.246. The first-order valence-corrected chi connectivity index (χ1v) is 8.55. The van der Waals surface area contributed by atoms with Crippen molar-refractivity contribution in [3.8, 4) is 17.2 Å². The van der Waals surface area contributed by atoms with Gasteiger partial charge in [-0.05, 0) is 24.3 Å². The lowest BCUT2D eigenvalue weighted by Crippen LogP contribution is -2.46. The van der Waals surface area contributed by atoms with Gasteiger partial charge < -0.3 is 14.4 Å². The minimum Gasteiger partial charge on any atom is -0.506 e. The van der Waals surface area contributed by atoms with Crippen LogP contribution in [-0.2, 0) is 6.54 Å². The maximum Gasteiger partial charge on any atom is 0.226 e. The fraction of sp³-hybridized carbons (Fsp3) is 0.250. The second-order valence-electron chi connectivity index (χ2n) is 6.26. The van der Waals surface area contributed by atoms with Crippen molar-refractivity contribution >= 4 is 5.69 Å². The van der Waals surface area contributed by atoms with Gasteiger partial charge in [0, 0.05) is 38.3 Å². The Morgan fingerprint density at radius 3 is 2.40 bits per heavy atom. The van der Waals surface area contributed by atoms with Crippen molar-refractivity contribution in [3.05, 3.63) is 66.6 Å². The van der Waals surface area contributed by atoms with Crippen molar-refractivity contribution in [1.29, 1.82) is 0 Å². The van der Waals surface area contributed by atoms with Gasteiger partial charge in [-0.1, -0.05) is 30.3 Å². The third kappa shape index (κ3) is 3.51. The van der Waals surface area contributed by atoms with Crippen LogP contribution in [0, 0.1) is 0 Å². The van der Waals surface area contributed by atoms with Crippen molar-refractivity contribution in [1.82, 2.24) is 9.88 Å². The van der Waals surface area contributed by atoms with E-state index in [1.165, 1.54) is 0 Å². The van der Waals surface area contributed by atoms with Gasteiger partial charge in [0.1, 0.15) is 12.0 Å². The van der Waals surface area contributed by atoms with Gasteiger partial charge in [-0.15, -0.1) is 0 Å². The number of anilines is 1. The molecule has 0 atom stereocenters. The molecule has 1 N–H and O–H groups in total. The predicted octanol–water partition coefficient (Wildman–Crippen LogP) is 3.37. The van der Waals surface area contributed by atoms with Gasteiger partial charge in [0.2, 0.25) is 5.89 Å². The number of oxazole rings is 1. The van der Waals surface area contributed by atoms with Crippen molar-refractivity contribution in [2.24, 2.45) is 0 Å². The molecule has 0 spiro atoms. The predicted molar refractivity (Wildman–Crippen MR) is 97.5 cm³/mol. The molecule has 0 amide bonds. The topological polar surface area (TPSA) is 52.7 Å². The van der Waals surface area contributed by atoms with Crippen LogP contribution in [0.5, 0.6) is 5.75 Å². The Bertz CT molecular complexity index is 824. The molecular weight excluding hydrogens is 314 g/mol. The largest absolute Gasteiger partial charge is 0.506 e. The molecule has 0 unspecified atom stereocenters. The number of rotatable bonds is 4. The molecule has 5 heteroatoms. The lowest BCUT2D eigenvalue weighted by Gasteiger charge is -2.35. The van der Waals surface area contributed by atoms with Gasteiger partial charge in [0.05, 0.1) is 11.4 Å². The number of aromatic hydroxyl groups is 1. The van der Waals surface area contributed by atoms with Crippen molar-refractivity contribution in [3.63, 3.8) is 0 Å². The van der Waals surface area contributed by atoms with Gasteiger partial charge in [-0.3, -0.25) is 4.90 Å². The Balaban J connectivity index is 1.36. The molecule has 1 saturated heterocycles. The summed E-state index contributed by atoms with van der Waals surface area (Å²) >= 11 is 0. The van der Waals surface area contributed by atoms with Crippen LogP contribution >= 0.6 is 0 Å². The molecule has 0 radical (unpaired) electrons. The normalized spacial score (nSPS) is 15.4. The van der Waals surface area contributed by atoms with Crippen molar-refractivity contribution in [2.45, 2.75) is 6.54 Å². The van der Waals surface area contributed by atoms with E-state index in [1.807, 2.05) is 48.5 Å². The van der Waals surface area contributed by atoms with E-state index in [0.717, 1.165) is 49.7 Å². The van der Waals surface area contributed by atoms with Crippen molar-refractivity contribution < 1.29 is 9.52 Å². The molecule has 0 bridgehead atoms. The van der Waals surface area contributed by atoms with E-state index in [0.29, 0.717) is 11.6 Å². The molecule has 1 aromatic heterocycles. The first-order chi connectivity index (χ1) is 12.3. The Labute approximate surface area is 147 Å². The van der Waals surface area contributed by atoms with Gasteiger partial charge in [-0.25, -0.2) is 4.98 Å². The molecule has 1 aliphatic heterocycles. The quantitative estimate of drug-likeness (QED) is 0.792. The Morgan fingerprint density at radius 1 is 0.920 bits per heavy atom. The molecular formula is C20H21N3O2. The van der Waals surface area contributed by atoms with Crippen LogP contribution < -0.4 is 4.90 Å². The van der Waals surface area contributed by atoms with E-state index >= 15 is 0 Å². The van der Waals surface area contributed by atoms with Gasteiger partial charge in [-0.2, -0.15) is 0 Å². The summed E-state index contributed by atoms with van der Waals surface area (Å²) in [7, 11) is 0. The standard InChI is InChI=1S/C20H21N3O2/c24-19-9-5-4-8-18(19)23-12-10-22(11-13-23)14-17-15-25-20(21-17)16-6-2-1-3-7-16/h1-9,15,24H,10-14H2. The average Bonchev–Trinajstić information content (AvgIpc) is 3.12. The van der Waals surface area contributed by atoms with E-state index in [2.05, 4.69) is 14.8 Å². The Morgan fingerprint density at radius 2 is 1.64 bits per heavy atom. The van der Waals surface area contributed by atoms with Gasteiger partial charge in [0.25, 0.3) is 0 Å². The van der Waals surface area contributed by atoms with Gasteiger partial charge >= 0.3 is 0 Å². The van der Waals surface area contributed by atoms with E-state index in [4.69, 9.17) is 4.42 Å². The summed E-state index contributed by atoms with van der Waals surface area (Å²) in [5.74, 6) is 1.02. The zero-order valence-electron chi connectivity index (χ0n) is 14.0. The summed E-state index contributed by atoms with van der Waals surface area (Å²) in [5, 5.41) is 10.00. The summed E-state index contributed by atoms with van der Waals surface area (Å²) in [5.41, 5.74) is 2.86. The fourth-order valence-corrected chi connectivity index (χ4v) is 3.20. The zero-order chi connectivity index (χ0) is 17.1. The number of piperazine rings is 1. The molecule has 3 aromatic rings. The maximum absolute atomic E-state index is 10.00. The van der Waals surface area contributed by atoms with Crippen LogP contribution in [0.3, 0.4) is 0 Å². The van der Waals surface area contributed by atoms with Crippen molar-refractivity contribution in [2.75, 3.05) is 31.1 Å². The summed E-state index contributed by atoms with van der Waals surface area (Å²) in [6, 6.07) is 17.5. The van der Waals surface area contributed by atoms with Crippen LogP contribution in [0.25, 0.3) is 11.5 Å². The summed E-state index contributed by atoms with van der Waals surface area (Å²) < 4.78 is 5.62. The maximum atomic E-state index is 10.00. The molecule has 2 aromatic carbocycles. The first-order valence-electron chi connectivity index (χ1n) is 8.55. The number of para-hydroxylation sites is 2. The van der Waals surface area contributed by atoms with Crippen LogP contribution in [0.15, 0.2) is 65.3 Å². The number of hydrogen-bond donors (Lipinski definition) is 1. The molecule has 1 aliphatic rings. The number of benzene rings is 2. The molecule has 1 fully saturated rings. The zero-order valence-corrected chi connectivity index (χ0v) is 14.0. The second kappa shape index (κ2) is 6.99. The van der Waals surface area contributed by atoms with Gasteiger partial charge in [0.15, 0.2) is 0 Å². The van der Waals surface area contributed by atoms with E-state index in [9.17, 15) is 5.11 Å². The second-order valence-corrected chi connectivity index (χ2v) is 6.26. The lowest BCUT2D eigenvalue weighted by atomic mass is 10.2. The highest BCUT2D eigenvalue weighted by Gasteiger charge is 2.20. The minimum atomic E-state index is 0.347. The molecule has 128 valence electrons. The molecule has 5 nitrogen and oxygen atoms in total. The Hall–Kier alpha value is -2.79. The Kier molecular flexibility index (Phi) is 4.39. The monoisotopic (exact) mass is 335 g/mol. The number of nitrogens with zero attached hydrogens (tertiary/aromatic N) is 3. The number of aromatic nitrogens is 1. The first kappa shape index (κ1) is 15.7. The molecule has 0 aliphatic carbocycles. The SMILES string of the molecule is Oc1ccccc1N1CCN(Cc2coc(-c3ccccc3)n2)CC1. The van der Waals surface area contributed by atoms with Crippen LogP contribution in [0.2, 0.25) is 0 Å². The molecule has 0 saturated carbocycles.